The fourth-order valence-corrected chi connectivity index (χ4v) is 3.20. The van der Waals surface area contributed by atoms with Gasteiger partial charge < -0.3 is 18.9 Å². The minimum Gasteiger partial charge on any atom is -0.497 e. The summed E-state index contributed by atoms with van der Waals surface area (Å²) in [7, 11) is 3.04. The Hall–Kier alpha value is -2.49. The molecule has 2 aromatic carbocycles. The lowest BCUT2D eigenvalue weighted by Crippen LogP contribution is -2.18. The molecule has 28 heavy (non-hydrogen) atoms. The second-order valence-electron chi connectivity index (χ2n) is 5.46. The van der Waals surface area contributed by atoms with E-state index in [1.54, 1.807) is 31.5 Å². The third kappa shape index (κ3) is 5.51. The van der Waals surface area contributed by atoms with Crippen LogP contribution in [-0.4, -0.2) is 39.6 Å². The first-order chi connectivity index (χ1) is 13.5. The number of nitrogens with one attached hydrogen (secondary N) is 1. The van der Waals surface area contributed by atoms with Gasteiger partial charge in [-0.15, -0.1) is 0 Å². The Morgan fingerprint density at radius 1 is 1.07 bits per heavy atom. The molecule has 0 aliphatic rings. The molecule has 0 bridgehead atoms. The van der Waals surface area contributed by atoms with E-state index in [1.807, 2.05) is 26.0 Å². The van der Waals surface area contributed by atoms with Crippen molar-refractivity contribution in [2.75, 3.05) is 27.4 Å². The number of halogens is 1. The van der Waals surface area contributed by atoms with Gasteiger partial charge in [0.1, 0.15) is 11.5 Å². The van der Waals surface area contributed by atoms with Gasteiger partial charge in [-0.2, -0.15) is 5.10 Å². The number of amides is 1. The highest BCUT2D eigenvalue weighted by molar-refractivity contribution is 14.1. The van der Waals surface area contributed by atoms with Crippen molar-refractivity contribution in [3.8, 4) is 23.0 Å². The molecular formula is C20H23IN2O5. The van der Waals surface area contributed by atoms with Gasteiger partial charge in [0.15, 0.2) is 11.5 Å². The second kappa shape index (κ2) is 10.7. The molecule has 0 aliphatic heterocycles. The Morgan fingerprint density at radius 2 is 1.82 bits per heavy atom. The van der Waals surface area contributed by atoms with Crippen molar-refractivity contribution in [1.82, 2.24) is 5.43 Å². The van der Waals surface area contributed by atoms with Crippen LogP contribution < -0.4 is 24.4 Å². The topological polar surface area (TPSA) is 78.4 Å². The van der Waals surface area contributed by atoms with E-state index in [0.717, 1.165) is 9.13 Å². The standard InChI is InChI=1S/C20H23IN2O5/c1-5-27-18-10-13(9-16(21)19(18)28-6-2)12-22-23-20(24)15-8-7-14(25-3)11-17(15)26-4/h7-12H,5-6H2,1-4H3,(H,23,24). The van der Waals surface area contributed by atoms with Crippen LogP contribution in [0.3, 0.4) is 0 Å². The van der Waals surface area contributed by atoms with Crippen LogP contribution in [0, 0.1) is 3.57 Å². The van der Waals surface area contributed by atoms with Crippen molar-refractivity contribution >= 4 is 34.7 Å². The maximum absolute atomic E-state index is 12.4. The number of rotatable bonds is 9. The normalized spacial score (nSPS) is 10.6. The van der Waals surface area contributed by atoms with E-state index in [9.17, 15) is 4.79 Å². The second-order valence-corrected chi connectivity index (χ2v) is 6.62. The van der Waals surface area contributed by atoms with Crippen molar-refractivity contribution < 1.29 is 23.7 Å². The molecule has 0 saturated carbocycles. The van der Waals surface area contributed by atoms with Gasteiger partial charge >= 0.3 is 0 Å². The lowest BCUT2D eigenvalue weighted by atomic mass is 10.2. The van der Waals surface area contributed by atoms with E-state index in [4.69, 9.17) is 18.9 Å². The number of carbonyl (C=O) groups excluding carboxylic acids is 1. The summed E-state index contributed by atoms with van der Waals surface area (Å²) >= 11 is 2.18. The Kier molecular flexibility index (Phi) is 8.37. The summed E-state index contributed by atoms with van der Waals surface area (Å²) in [6.45, 7) is 4.89. The molecule has 0 unspecified atom stereocenters. The van der Waals surface area contributed by atoms with E-state index in [0.29, 0.717) is 41.8 Å². The molecule has 7 nitrogen and oxygen atoms in total. The Bertz CT molecular complexity index is 855. The van der Waals surface area contributed by atoms with Crippen LogP contribution >= 0.6 is 22.6 Å². The molecule has 2 rings (SSSR count). The fraction of sp³-hybridized carbons (Fsp3) is 0.300. The maximum Gasteiger partial charge on any atom is 0.275 e. The Morgan fingerprint density at radius 3 is 2.46 bits per heavy atom. The zero-order chi connectivity index (χ0) is 20.5. The van der Waals surface area contributed by atoms with Crippen molar-refractivity contribution in [2.24, 2.45) is 5.10 Å². The number of benzene rings is 2. The summed E-state index contributed by atoms with van der Waals surface area (Å²) in [5.41, 5.74) is 3.64. The number of hydrogen-bond donors (Lipinski definition) is 1. The van der Waals surface area contributed by atoms with Crippen LogP contribution in [0.25, 0.3) is 0 Å². The number of carbonyl (C=O) groups is 1. The van der Waals surface area contributed by atoms with Gasteiger partial charge in [-0.05, 0) is 66.3 Å². The number of ether oxygens (including phenoxy) is 4. The average Bonchev–Trinajstić information content (AvgIpc) is 2.70. The molecule has 0 spiro atoms. The van der Waals surface area contributed by atoms with Gasteiger partial charge in [-0.25, -0.2) is 5.43 Å². The first-order valence-corrected chi connectivity index (χ1v) is 9.76. The van der Waals surface area contributed by atoms with Gasteiger partial charge in [-0.3, -0.25) is 4.79 Å². The molecule has 1 amide bonds. The lowest BCUT2D eigenvalue weighted by molar-refractivity contribution is 0.0952. The smallest absolute Gasteiger partial charge is 0.275 e. The van der Waals surface area contributed by atoms with Gasteiger partial charge in [0.2, 0.25) is 0 Å². The predicted octanol–water partition coefficient (Wildman–Crippen LogP) is 3.87. The molecule has 0 heterocycles. The SMILES string of the molecule is CCOc1cc(C=NNC(=O)c2ccc(OC)cc2OC)cc(I)c1OCC. The van der Waals surface area contributed by atoms with Crippen LogP contribution in [0.15, 0.2) is 35.4 Å². The molecule has 1 N–H and O–H groups in total. The van der Waals surface area contributed by atoms with Crippen molar-refractivity contribution in [3.05, 3.63) is 45.0 Å². The van der Waals surface area contributed by atoms with Gasteiger partial charge in [-0.1, -0.05) is 0 Å². The maximum atomic E-state index is 12.4. The van der Waals surface area contributed by atoms with Crippen LogP contribution in [-0.2, 0) is 0 Å². The summed E-state index contributed by atoms with van der Waals surface area (Å²) in [6, 6.07) is 8.67. The van der Waals surface area contributed by atoms with Crippen molar-refractivity contribution in [1.29, 1.82) is 0 Å². The molecule has 0 fully saturated rings. The number of methoxy groups -OCH3 is 2. The van der Waals surface area contributed by atoms with Crippen LogP contribution in [0.1, 0.15) is 29.8 Å². The molecule has 0 saturated heterocycles. The van der Waals surface area contributed by atoms with Crippen LogP contribution in [0.4, 0.5) is 0 Å². The Labute approximate surface area is 178 Å². The number of nitrogens with zero attached hydrogens (tertiary/aromatic N) is 1. The quantitative estimate of drug-likeness (QED) is 0.323. The summed E-state index contributed by atoms with van der Waals surface area (Å²) in [5, 5.41) is 4.04. The molecule has 8 heteroatoms. The summed E-state index contributed by atoms with van der Waals surface area (Å²) in [4.78, 5) is 12.4. The molecule has 0 aromatic heterocycles. The van der Waals surface area contributed by atoms with Crippen molar-refractivity contribution in [2.45, 2.75) is 13.8 Å². The summed E-state index contributed by atoms with van der Waals surface area (Å²) in [6.07, 6.45) is 1.55. The predicted molar refractivity (Wildman–Crippen MR) is 116 cm³/mol. The molecule has 0 atom stereocenters. The van der Waals surface area contributed by atoms with E-state index in [-0.39, 0.29) is 5.91 Å². The highest BCUT2D eigenvalue weighted by Gasteiger charge is 2.13. The van der Waals surface area contributed by atoms with Crippen LogP contribution in [0.2, 0.25) is 0 Å². The zero-order valence-electron chi connectivity index (χ0n) is 16.2. The number of hydrogen-bond acceptors (Lipinski definition) is 6. The van der Waals surface area contributed by atoms with E-state index in [1.165, 1.54) is 7.11 Å². The summed E-state index contributed by atoms with van der Waals surface area (Å²) in [5.74, 6) is 1.96. The zero-order valence-corrected chi connectivity index (χ0v) is 18.4. The van der Waals surface area contributed by atoms with E-state index >= 15 is 0 Å². The van der Waals surface area contributed by atoms with E-state index < -0.39 is 0 Å². The minimum absolute atomic E-state index is 0.358. The summed E-state index contributed by atoms with van der Waals surface area (Å²) < 4.78 is 22.6. The highest BCUT2D eigenvalue weighted by Crippen LogP contribution is 2.33. The minimum atomic E-state index is -0.388. The highest BCUT2D eigenvalue weighted by atomic mass is 127. The first-order valence-electron chi connectivity index (χ1n) is 8.68. The van der Waals surface area contributed by atoms with Crippen LogP contribution in [0.5, 0.6) is 23.0 Å². The van der Waals surface area contributed by atoms with Gasteiger partial charge in [0.25, 0.3) is 5.91 Å². The molecule has 0 aliphatic carbocycles. The average molecular weight is 498 g/mol. The van der Waals surface area contributed by atoms with Gasteiger partial charge in [0, 0.05) is 6.07 Å². The largest absolute Gasteiger partial charge is 0.497 e. The van der Waals surface area contributed by atoms with E-state index in [2.05, 4.69) is 33.1 Å². The first kappa shape index (κ1) is 21.8. The molecule has 0 radical (unpaired) electrons. The van der Waals surface area contributed by atoms with Gasteiger partial charge in [0.05, 0.1) is 42.8 Å². The molecular weight excluding hydrogens is 475 g/mol. The monoisotopic (exact) mass is 498 g/mol. The molecule has 150 valence electrons. The third-order valence-corrected chi connectivity index (χ3v) is 4.45. The van der Waals surface area contributed by atoms with Crippen molar-refractivity contribution in [3.63, 3.8) is 0 Å². The third-order valence-electron chi connectivity index (χ3n) is 3.65. The molecule has 2 aromatic rings. The Balaban J connectivity index is 2.17. The lowest BCUT2D eigenvalue weighted by Gasteiger charge is -2.13. The fourth-order valence-electron chi connectivity index (χ4n) is 2.42. The number of hydrazone groups is 1.